The lowest BCUT2D eigenvalue weighted by Gasteiger charge is -2.16. The van der Waals surface area contributed by atoms with Crippen molar-refractivity contribution in [3.8, 4) is 5.75 Å². The maximum Gasteiger partial charge on any atom is 0.416 e. The van der Waals surface area contributed by atoms with Gasteiger partial charge in [-0.3, -0.25) is 9.59 Å². The van der Waals surface area contributed by atoms with Crippen LogP contribution in [-0.4, -0.2) is 18.4 Å². The molecule has 8 heteroatoms. The Morgan fingerprint density at radius 1 is 0.938 bits per heavy atom. The molecule has 0 aliphatic carbocycles. The van der Waals surface area contributed by atoms with E-state index in [1.54, 1.807) is 24.3 Å². The number of para-hydroxylation sites is 1. The first-order chi connectivity index (χ1) is 15.2. The fourth-order valence-electron chi connectivity index (χ4n) is 2.99. The molecule has 3 aromatic carbocycles. The predicted octanol–water partition coefficient (Wildman–Crippen LogP) is 5.21. The van der Waals surface area contributed by atoms with Crippen LogP contribution in [0.1, 0.15) is 34.5 Å². The second-order valence-corrected chi connectivity index (χ2v) is 7.01. The Morgan fingerprint density at radius 3 is 2.34 bits per heavy atom. The smallest absolute Gasteiger partial charge is 0.416 e. The van der Waals surface area contributed by atoms with Gasteiger partial charge in [-0.2, -0.15) is 13.2 Å². The molecule has 0 aliphatic rings. The topological polar surface area (TPSA) is 67.4 Å². The summed E-state index contributed by atoms with van der Waals surface area (Å²) < 4.78 is 43.6. The predicted molar refractivity (Wildman–Crippen MR) is 114 cm³/mol. The largest absolute Gasteiger partial charge is 0.484 e. The number of anilines is 1. The van der Waals surface area contributed by atoms with E-state index >= 15 is 0 Å². The molecular weight excluding hydrogens is 421 g/mol. The molecule has 0 saturated heterocycles. The molecule has 3 rings (SSSR count). The molecule has 166 valence electrons. The van der Waals surface area contributed by atoms with E-state index in [0.29, 0.717) is 0 Å². The van der Waals surface area contributed by atoms with Crippen LogP contribution < -0.4 is 15.4 Å². The number of hydrogen-bond donors (Lipinski definition) is 2. The van der Waals surface area contributed by atoms with Gasteiger partial charge in [0.2, 0.25) is 0 Å². The Bertz CT molecular complexity index is 1090. The molecular formula is C24H21F3N2O3. The Balaban J connectivity index is 1.63. The number of halogens is 3. The molecule has 5 nitrogen and oxygen atoms in total. The van der Waals surface area contributed by atoms with Crippen LogP contribution in [0.3, 0.4) is 0 Å². The van der Waals surface area contributed by atoms with Crippen molar-refractivity contribution in [1.82, 2.24) is 5.32 Å². The number of carbonyl (C=O) groups is 2. The normalized spacial score (nSPS) is 12.0. The number of hydrogen-bond acceptors (Lipinski definition) is 3. The molecule has 0 heterocycles. The first kappa shape index (κ1) is 22.9. The fourth-order valence-corrected chi connectivity index (χ4v) is 2.99. The quantitative estimate of drug-likeness (QED) is 0.528. The van der Waals surface area contributed by atoms with E-state index in [1.807, 2.05) is 37.3 Å². The minimum atomic E-state index is -4.51. The third-order valence-corrected chi connectivity index (χ3v) is 4.62. The van der Waals surface area contributed by atoms with E-state index in [2.05, 4.69) is 10.6 Å². The zero-order chi connectivity index (χ0) is 23.1. The molecule has 1 atom stereocenters. The molecule has 0 radical (unpaired) electrons. The number of amides is 2. The van der Waals surface area contributed by atoms with Gasteiger partial charge in [-0.25, -0.2) is 0 Å². The zero-order valence-electron chi connectivity index (χ0n) is 17.1. The van der Waals surface area contributed by atoms with Crippen LogP contribution in [0.2, 0.25) is 0 Å². The highest BCUT2D eigenvalue weighted by atomic mass is 19.4. The second-order valence-electron chi connectivity index (χ2n) is 7.01. The monoisotopic (exact) mass is 442 g/mol. The molecule has 2 N–H and O–H groups in total. The number of carbonyl (C=O) groups excluding carboxylic acids is 2. The first-order valence-electron chi connectivity index (χ1n) is 9.79. The van der Waals surface area contributed by atoms with Crippen molar-refractivity contribution in [2.24, 2.45) is 0 Å². The lowest BCUT2D eigenvalue weighted by atomic mass is 10.1. The number of benzene rings is 3. The van der Waals surface area contributed by atoms with Gasteiger partial charge in [-0.15, -0.1) is 0 Å². The number of rotatable bonds is 7. The van der Waals surface area contributed by atoms with Crippen LogP contribution in [0.25, 0.3) is 0 Å². The number of ether oxygens (including phenoxy) is 1. The summed E-state index contributed by atoms with van der Waals surface area (Å²) in [6, 6.07) is 19.9. The molecule has 0 bridgehead atoms. The molecule has 0 saturated carbocycles. The molecule has 32 heavy (non-hydrogen) atoms. The molecule has 0 unspecified atom stereocenters. The maximum absolute atomic E-state index is 12.8. The summed E-state index contributed by atoms with van der Waals surface area (Å²) in [5.41, 5.74) is 0.576. The van der Waals surface area contributed by atoms with Crippen LogP contribution in [0.5, 0.6) is 5.75 Å². The first-order valence-corrected chi connectivity index (χ1v) is 9.79. The van der Waals surface area contributed by atoms with Crippen LogP contribution in [0, 0.1) is 0 Å². The molecule has 0 aliphatic heterocycles. The summed E-state index contributed by atoms with van der Waals surface area (Å²) in [4.78, 5) is 25.0. The molecule has 3 aromatic rings. The van der Waals surface area contributed by atoms with Crippen LogP contribution in [-0.2, 0) is 11.0 Å². The lowest BCUT2D eigenvalue weighted by Crippen LogP contribution is -2.28. The Hall–Kier alpha value is -3.81. The van der Waals surface area contributed by atoms with Gasteiger partial charge in [-0.1, -0.05) is 48.5 Å². The third-order valence-electron chi connectivity index (χ3n) is 4.62. The van der Waals surface area contributed by atoms with Crippen molar-refractivity contribution in [3.05, 3.63) is 95.6 Å². The maximum atomic E-state index is 12.8. The van der Waals surface area contributed by atoms with Gasteiger partial charge in [0.1, 0.15) is 5.75 Å². The molecule has 2 amide bonds. The van der Waals surface area contributed by atoms with E-state index in [-0.39, 0.29) is 28.9 Å². The fraction of sp³-hybridized carbons (Fsp3) is 0.167. The minimum Gasteiger partial charge on any atom is -0.484 e. The summed E-state index contributed by atoms with van der Waals surface area (Å²) in [6.07, 6.45) is -4.51. The van der Waals surface area contributed by atoms with E-state index in [9.17, 15) is 22.8 Å². The van der Waals surface area contributed by atoms with E-state index in [4.69, 9.17) is 4.74 Å². The SMILES string of the molecule is C[C@H](NC(=O)c1ccccc1NC(=O)COc1cccc(C(F)(F)F)c1)c1ccccc1. The molecule has 0 aromatic heterocycles. The summed E-state index contributed by atoms with van der Waals surface area (Å²) >= 11 is 0. The lowest BCUT2D eigenvalue weighted by molar-refractivity contribution is -0.137. The summed E-state index contributed by atoms with van der Waals surface area (Å²) in [7, 11) is 0. The summed E-state index contributed by atoms with van der Waals surface area (Å²) in [5.74, 6) is -1.08. The zero-order valence-corrected chi connectivity index (χ0v) is 17.1. The van der Waals surface area contributed by atoms with Crippen LogP contribution in [0.15, 0.2) is 78.9 Å². The average molecular weight is 442 g/mol. The van der Waals surface area contributed by atoms with Crippen molar-refractivity contribution in [2.45, 2.75) is 19.1 Å². The highest BCUT2D eigenvalue weighted by Gasteiger charge is 2.30. The Kier molecular flexibility index (Phi) is 7.14. The van der Waals surface area contributed by atoms with Gasteiger partial charge in [0.15, 0.2) is 6.61 Å². The van der Waals surface area contributed by atoms with E-state index < -0.39 is 24.3 Å². The van der Waals surface area contributed by atoms with Crippen LogP contribution in [0.4, 0.5) is 18.9 Å². The van der Waals surface area contributed by atoms with Gasteiger partial charge in [0.05, 0.1) is 22.9 Å². The van der Waals surface area contributed by atoms with Crippen molar-refractivity contribution < 1.29 is 27.5 Å². The van der Waals surface area contributed by atoms with Gasteiger partial charge in [-0.05, 0) is 42.8 Å². The highest BCUT2D eigenvalue weighted by Crippen LogP contribution is 2.31. The van der Waals surface area contributed by atoms with E-state index in [0.717, 1.165) is 17.7 Å². The molecule has 0 fully saturated rings. The van der Waals surface area contributed by atoms with Crippen LogP contribution >= 0.6 is 0 Å². The summed E-state index contributed by atoms with van der Waals surface area (Å²) in [6.45, 7) is 1.33. The highest BCUT2D eigenvalue weighted by molar-refractivity contribution is 6.04. The van der Waals surface area contributed by atoms with Crippen molar-refractivity contribution in [3.63, 3.8) is 0 Å². The average Bonchev–Trinajstić information content (AvgIpc) is 2.78. The van der Waals surface area contributed by atoms with Crippen molar-refractivity contribution in [1.29, 1.82) is 0 Å². The number of nitrogens with one attached hydrogen (secondary N) is 2. The minimum absolute atomic E-state index is 0.0855. The number of alkyl halides is 3. The second kappa shape index (κ2) is 10.00. The Labute approximate surface area is 183 Å². The van der Waals surface area contributed by atoms with Crippen molar-refractivity contribution >= 4 is 17.5 Å². The Morgan fingerprint density at radius 2 is 1.62 bits per heavy atom. The third kappa shape index (κ3) is 6.10. The van der Waals surface area contributed by atoms with Gasteiger partial charge < -0.3 is 15.4 Å². The van der Waals surface area contributed by atoms with Crippen molar-refractivity contribution in [2.75, 3.05) is 11.9 Å². The standard InChI is InChI=1S/C24H21F3N2O3/c1-16(17-8-3-2-4-9-17)28-23(31)20-12-5-6-13-21(20)29-22(30)15-32-19-11-7-10-18(14-19)24(25,26)27/h2-14,16H,15H2,1H3,(H,28,31)(H,29,30)/t16-/m0/s1. The molecule has 0 spiro atoms. The van der Waals surface area contributed by atoms with Gasteiger partial charge in [0, 0.05) is 0 Å². The van der Waals surface area contributed by atoms with Gasteiger partial charge >= 0.3 is 6.18 Å². The van der Waals surface area contributed by atoms with Gasteiger partial charge in [0.25, 0.3) is 11.8 Å². The summed E-state index contributed by atoms with van der Waals surface area (Å²) in [5, 5.41) is 5.45. The van der Waals surface area contributed by atoms with E-state index in [1.165, 1.54) is 12.1 Å².